The monoisotopic (exact) mass is 272 g/mol. The second-order valence-electron chi connectivity index (χ2n) is 3.89. The number of carbonyl (C=O) groups is 4. The van der Waals surface area contributed by atoms with E-state index in [1.165, 1.54) is 0 Å². The second-order valence-corrected chi connectivity index (χ2v) is 3.89. The van der Waals surface area contributed by atoms with Gasteiger partial charge in [-0.3, -0.25) is 14.4 Å². The summed E-state index contributed by atoms with van der Waals surface area (Å²) in [5.41, 5.74) is 0. The molecule has 0 unspecified atom stereocenters. The molecule has 0 atom stereocenters. The van der Waals surface area contributed by atoms with Crippen LogP contribution in [-0.4, -0.2) is 48.5 Å². The van der Waals surface area contributed by atoms with Crippen molar-refractivity contribution < 1.29 is 28.8 Å². The van der Waals surface area contributed by atoms with Gasteiger partial charge in [0.05, 0.1) is 0 Å². The molecule has 19 heavy (non-hydrogen) atoms. The van der Waals surface area contributed by atoms with Crippen LogP contribution in [-0.2, 0) is 28.8 Å². The fourth-order valence-electron chi connectivity index (χ4n) is 1.33. The first-order chi connectivity index (χ1) is 9.04. The van der Waals surface area contributed by atoms with Crippen molar-refractivity contribution in [1.29, 1.82) is 0 Å². The zero-order valence-electron chi connectivity index (χ0n) is 10.6. The van der Waals surface area contributed by atoms with E-state index >= 15 is 0 Å². The molecule has 0 aromatic carbocycles. The third-order valence-electron chi connectivity index (χ3n) is 2.22. The molecule has 1 aliphatic heterocycles. The topological polar surface area (TPSA) is 102 Å². The number of hydroxylamine groups is 2. The number of nitrogens with zero attached hydrogens (tertiary/aromatic N) is 1. The SMILES string of the molecule is CCCNC(=O)COCC(=O)ON1C(=O)CCC1=O. The van der Waals surface area contributed by atoms with Gasteiger partial charge in [0, 0.05) is 19.4 Å². The maximum absolute atomic E-state index is 11.3. The van der Waals surface area contributed by atoms with E-state index in [2.05, 4.69) is 10.2 Å². The van der Waals surface area contributed by atoms with Gasteiger partial charge >= 0.3 is 5.97 Å². The summed E-state index contributed by atoms with van der Waals surface area (Å²) in [4.78, 5) is 49.2. The molecule has 0 radical (unpaired) electrons. The van der Waals surface area contributed by atoms with Crippen LogP contribution in [0.25, 0.3) is 0 Å². The molecular weight excluding hydrogens is 256 g/mol. The molecule has 1 saturated heterocycles. The maximum Gasteiger partial charge on any atom is 0.358 e. The summed E-state index contributed by atoms with van der Waals surface area (Å²) >= 11 is 0. The maximum atomic E-state index is 11.3. The summed E-state index contributed by atoms with van der Waals surface area (Å²) < 4.78 is 4.80. The second kappa shape index (κ2) is 7.47. The lowest BCUT2D eigenvalue weighted by atomic mass is 10.4. The molecule has 3 amide bonds. The van der Waals surface area contributed by atoms with E-state index < -0.39 is 24.4 Å². The normalized spacial score (nSPS) is 14.7. The molecule has 106 valence electrons. The summed E-state index contributed by atoms with van der Waals surface area (Å²) in [5.74, 6) is -2.35. The standard InChI is InChI=1S/C11H16N2O6/c1-2-5-12-8(14)6-18-7-11(17)19-13-9(15)3-4-10(13)16/h2-7H2,1H3,(H,12,14). The molecule has 0 aliphatic carbocycles. The quantitative estimate of drug-likeness (QED) is 0.605. The minimum atomic E-state index is -0.896. The minimum Gasteiger partial charge on any atom is -0.360 e. The van der Waals surface area contributed by atoms with Gasteiger partial charge in [-0.2, -0.15) is 0 Å². The molecule has 0 bridgehead atoms. The molecule has 8 heteroatoms. The summed E-state index contributed by atoms with van der Waals surface area (Å²) in [6.07, 6.45) is 0.867. The third-order valence-corrected chi connectivity index (χ3v) is 2.22. The predicted octanol–water partition coefficient (Wildman–Crippen LogP) is -0.864. The van der Waals surface area contributed by atoms with Crippen LogP contribution in [0.2, 0.25) is 0 Å². The van der Waals surface area contributed by atoms with Gasteiger partial charge in [-0.1, -0.05) is 6.92 Å². The van der Waals surface area contributed by atoms with Crippen molar-refractivity contribution in [2.45, 2.75) is 26.2 Å². The van der Waals surface area contributed by atoms with Crippen LogP contribution in [0.15, 0.2) is 0 Å². The van der Waals surface area contributed by atoms with Crippen LogP contribution >= 0.6 is 0 Å². The van der Waals surface area contributed by atoms with Gasteiger partial charge in [-0.25, -0.2) is 4.79 Å². The zero-order chi connectivity index (χ0) is 14.3. The van der Waals surface area contributed by atoms with Gasteiger partial charge in [0.1, 0.15) is 13.2 Å². The van der Waals surface area contributed by atoms with Crippen LogP contribution in [0.4, 0.5) is 0 Å². The molecule has 1 fully saturated rings. The van der Waals surface area contributed by atoms with E-state index in [4.69, 9.17) is 4.74 Å². The molecule has 0 aromatic heterocycles. The lowest BCUT2D eigenvalue weighted by Gasteiger charge is -2.12. The first-order valence-corrected chi connectivity index (χ1v) is 5.95. The van der Waals surface area contributed by atoms with Crippen LogP contribution in [0.5, 0.6) is 0 Å². The number of hydrogen-bond donors (Lipinski definition) is 1. The van der Waals surface area contributed by atoms with E-state index in [9.17, 15) is 19.2 Å². The van der Waals surface area contributed by atoms with Gasteiger partial charge in [0.15, 0.2) is 0 Å². The van der Waals surface area contributed by atoms with Crippen LogP contribution < -0.4 is 5.32 Å². The highest BCUT2D eigenvalue weighted by atomic mass is 16.7. The van der Waals surface area contributed by atoms with Gasteiger partial charge in [0.25, 0.3) is 11.8 Å². The van der Waals surface area contributed by atoms with E-state index in [1.54, 1.807) is 0 Å². The van der Waals surface area contributed by atoms with Crippen molar-refractivity contribution in [3.8, 4) is 0 Å². The number of nitrogens with one attached hydrogen (secondary N) is 1. The first kappa shape index (κ1) is 15.1. The lowest BCUT2D eigenvalue weighted by Crippen LogP contribution is -2.34. The molecule has 1 rings (SSSR count). The highest BCUT2D eigenvalue weighted by Gasteiger charge is 2.32. The highest BCUT2D eigenvalue weighted by Crippen LogP contribution is 2.11. The smallest absolute Gasteiger partial charge is 0.358 e. The highest BCUT2D eigenvalue weighted by molar-refractivity contribution is 6.01. The average Bonchev–Trinajstić information content (AvgIpc) is 2.68. The Morgan fingerprint density at radius 1 is 1.21 bits per heavy atom. The third kappa shape index (κ3) is 5.04. The fraction of sp³-hybridized carbons (Fsp3) is 0.636. The number of carbonyl (C=O) groups excluding carboxylic acids is 4. The minimum absolute atomic E-state index is 0.0341. The predicted molar refractivity (Wildman–Crippen MR) is 61.3 cm³/mol. The molecule has 1 N–H and O–H groups in total. The number of imide groups is 1. The molecule has 0 saturated carbocycles. The number of hydrogen-bond acceptors (Lipinski definition) is 6. The van der Waals surface area contributed by atoms with E-state index in [1.807, 2.05) is 6.92 Å². The number of rotatable bonds is 7. The molecule has 0 aromatic rings. The summed E-state index contributed by atoms with van der Waals surface area (Å²) in [6, 6.07) is 0. The summed E-state index contributed by atoms with van der Waals surface area (Å²) in [7, 11) is 0. The van der Waals surface area contributed by atoms with Gasteiger partial charge < -0.3 is 14.9 Å². The van der Waals surface area contributed by atoms with Crippen LogP contribution in [0, 0.1) is 0 Å². The van der Waals surface area contributed by atoms with Gasteiger partial charge in [-0.05, 0) is 6.42 Å². The van der Waals surface area contributed by atoms with E-state index in [0.29, 0.717) is 11.6 Å². The first-order valence-electron chi connectivity index (χ1n) is 5.95. The van der Waals surface area contributed by atoms with E-state index in [-0.39, 0.29) is 25.4 Å². The fourth-order valence-corrected chi connectivity index (χ4v) is 1.33. The molecule has 8 nitrogen and oxygen atoms in total. The molecule has 0 spiro atoms. The zero-order valence-corrected chi connectivity index (χ0v) is 10.6. The van der Waals surface area contributed by atoms with Crippen molar-refractivity contribution >= 4 is 23.7 Å². The van der Waals surface area contributed by atoms with Crippen molar-refractivity contribution in [3.05, 3.63) is 0 Å². The Morgan fingerprint density at radius 3 is 2.42 bits per heavy atom. The van der Waals surface area contributed by atoms with Crippen molar-refractivity contribution in [2.75, 3.05) is 19.8 Å². The molecule has 1 heterocycles. The summed E-state index contributed by atoms with van der Waals surface area (Å²) in [5, 5.41) is 2.99. The Hall–Kier alpha value is -1.96. The lowest BCUT2D eigenvalue weighted by molar-refractivity contribution is -0.200. The van der Waals surface area contributed by atoms with Crippen molar-refractivity contribution in [3.63, 3.8) is 0 Å². The average molecular weight is 272 g/mol. The Bertz CT molecular complexity index is 365. The van der Waals surface area contributed by atoms with Crippen LogP contribution in [0.3, 0.4) is 0 Å². The Labute approximate surface area is 110 Å². The Morgan fingerprint density at radius 2 is 1.84 bits per heavy atom. The van der Waals surface area contributed by atoms with Crippen molar-refractivity contribution in [1.82, 2.24) is 10.4 Å². The largest absolute Gasteiger partial charge is 0.360 e. The molecule has 1 aliphatic rings. The van der Waals surface area contributed by atoms with Crippen molar-refractivity contribution in [2.24, 2.45) is 0 Å². The number of amides is 3. The van der Waals surface area contributed by atoms with Gasteiger partial charge in [0.2, 0.25) is 5.91 Å². The summed E-state index contributed by atoms with van der Waals surface area (Å²) in [6.45, 7) is 1.65. The Balaban J connectivity index is 2.19. The molecular formula is C11H16N2O6. The Kier molecular flexibility index (Phi) is 5.94. The van der Waals surface area contributed by atoms with Crippen LogP contribution in [0.1, 0.15) is 26.2 Å². The number of ether oxygens (including phenoxy) is 1. The van der Waals surface area contributed by atoms with E-state index in [0.717, 1.165) is 6.42 Å². The van der Waals surface area contributed by atoms with Gasteiger partial charge in [-0.15, -0.1) is 5.06 Å².